The molecule has 6 heteroatoms. The minimum absolute atomic E-state index is 0.186. The van der Waals surface area contributed by atoms with Crippen LogP contribution in [0.3, 0.4) is 0 Å². The highest BCUT2D eigenvalue weighted by molar-refractivity contribution is 5.87. The molecule has 0 aliphatic carbocycles. The molecular weight excluding hydrogens is 332 g/mol. The Labute approximate surface area is 153 Å². The van der Waals surface area contributed by atoms with Gasteiger partial charge in [-0.2, -0.15) is 0 Å². The minimum Gasteiger partial charge on any atom is -0.493 e. The van der Waals surface area contributed by atoms with E-state index in [-0.39, 0.29) is 18.4 Å². The van der Waals surface area contributed by atoms with E-state index in [0.29, 0.717) is 18.0 Å². The molecule has 0 bridgehead atoms. The summed E-state index contributed by atoms with van der Waals surface area (Å²) in [5, 5.41) is 2.58. The smallest absolute Gasteiger partial charge is 0.261 e. The summed E-state index contributed by atoms with van der Waals surface area (Å²) >= 11 is 0. The Morgan fingerprint density at radius 3 is 2.27 bits per heavy atom. The third-order valence-corrected chi connectivity index (χ3v) is 4.03. The van der Waals surface area contributed by atoms with Crippen molar-refractivity contribution in [2.45, 2.75) is 19.5 Å². The number of ether oxygens (including phenoxy) is 2. The average molecular weight is 356 g/mol. The highest BCUT2D eigenvalue weighted by Gasteiger charge is 2.26. The molecule has 2 rings (SSSR count). The lowest BCUT2D eigenvalue weighted by Crippen LogP contribution is -2.48. The van der Waals surface area contributed by atoms with E-state index in [1.807, 2.05) is 36.4 Å². The molecule has 0 saturated carbocycles. The number of carbonyl (C=O) groups is 2. The van der Waals surface area contributed by atoms with Crippen LogP contribution in [0.15, 0.2) is 54.6 Å². The van der Waals surface area contributed by atoms with Gasteiger partial charge in [-0.05, 0) is 24.6 Å². The molecule has 0 aliphatic rings. The molecule has 26 heavy (non-hydrogen) atoms. The molecule has 1 N–H and O–H groups in total. The number of hydrogen-bond acceptors (Lipinski definition) is 4. The van der Waals surface area contributed by atoms with Crippen LogP contribution < -0.4 is 14.8 Å². The van der Waals surface area contributed by atoms with Crippen molar-refractivity contribution < 1.29 is 19.1 Å². The van der Waals surface area contributed by atoms with Gasteiger partial charge >= 0.3 is 0 Å². The molecular formula is C20H24N2O4. The van der Waals surface area contributed by atoms with Gasteiger partial charge in [-0.25, -0.2) is 0 Å². The standard InChI is InChI=1S/C20H24N2O4/c1-15(20(24)21-2)22(13-16-9-5-4-6-10-16)19(23)14-26-18-12-8-7-11-17(18)25-3/h4-12,15H,13-14H2,1-3H3,(H,21,24)/t15-/m0/s1. The molecule has 0 aliphatic heterocycles. The van der Waals surface area contributed by atoms with E-state index >= 15 is 0 Å². The number of amides is 2. The van der Waals surface area contributed by atoms with Gasteiger partial charge in [0.2, 0.25) is 5.91 Å². The van der Waals surface area contributed by atoms with Gasteiger partial charge in [0.25, 0.3) is 5.91 Å². The molecule has 0 radical (unpaired) electrons. The van der Waals surface area contributed by atoms with Crippen LogP contribution in [-0.2, 0) is 16.1 Å². The number of para-hydroxylation sites is 2. The third-order valence-electron chi connectivity index (χ3n) is 4.03. The summed E-state index contributed by atoms with van der Waals surface area (Å²) in [6, 6.07) is 16.0. The summed E-state index contributed by atoms with van der Waals surface area (Å²) in [6.45, 7) is 1.83. The summed E-state index contributed by atoms with van der Waals surface area (Å²) in [5.74, 6) is 0.521. The summed E-state index contributed by atoms with van der Waals surface area (Å²) in [6.07, 6.45) is 0. The van der Waals surface area contributed by atoms with Crippen LogP contribution >= 0.6 is 0 Å². The van der Waals surface area contributed by atoms with Gasteiger partial charge in [0.1, 0.15) is 6.04 Å². The Morgan fingerprint density at radius 2 is 1.65 bits per heavy atom. The molecule has 138 valence electrons. The number of methoxy groups -OCH3 is 1. The van der Waals surface area contributed by atoms with Crippen molar-refractivity contribution in [2.24, 2.45) is 0 Å². The second-order valence-corrected chi connectivity index (χ2v) is 5.74. The number of benzene rings is 2. The van der Waals surface area contributed by atoms with Crippen LogP contribution in [0.25, 0.3) is 0 Å². The molecule has 0 spiro atoms. The average Bonchev–Trinajstić information content (AvgIpc) is 2.70. The lowest BCUT2D eigenvalue weighted by molar-refractivity contribution is -0.142. The predicted molar refractivity (Wildman–Crippen MR) is 99.0 cm³/mol. The van der Waals surface area contributed by atoms with Crippen LogP contribution in [0.2, 0.25) is 0 Å². The number of carbonyl (C=O) groups excluding carboxylic acids is 2. The normalized spacial score (nSPS) is 11.3. The fourth-order valence-corrected chi connectivity index (χ4v) is 2.53. The molecule has 0 saturated heterocycles. The minimum atomic E-state index is -0.617. The SMILES string of the molecule is CNC(=O)[C@H](C)N(Cc1ccccc1)C(=O)COc1ccccc1OC. The van der Waals surface area contributed by atoms with Gasteiger partial charge in [-0.1, -0.05) is 42.5 Å². The van der Waals surface area contributed by atoms with Crippen LogP contribution in [0.5, 0.6) is 11.5 Å². The predicted octanol–water partition coefficient (Wildman–Crippen LogP) is 2.24. The summed E-state index contributed by atoms with van der Waals surface area (Å²) in [7, 11) is 3.09. The molecule has 0 fully saturated rings. The topological polar surface area (TPSA) is 67.9 Å². The maximum atomic E-state index is 12.8. The van der Waals surface area contributed by atoms with Gasteiger partial charge in [0.05, 0.1) is 7.11 Å². The van der Waals surface area contributed by atoms with Gasteiger partial charge < -0.3 is 19.7 Å². The van der Waals surface area contributed by atoms with Crippen LogP contribution in [-0.4, -0.2) is 43.5 Å². The van der Waals surface area contributed by atoms with E-state index in [2.05, 4.69) is 5.32 Å². The van der Waals surface area contributed by atoms with E-state index in [0.717, 1.165) is 5.56 Å². The van der Waals surface area contributed by atoms with Crippen molar-refractivity contribution in [2.75, 3.05) is 20.8 Å². The Hall–Kier alpha value is -3.02. The monoisotopic (exact) mass is 356 g/mol. The second kappa shape index (κ2) is 9.46. The third kappa shape index (κ3) is 4.99. The highest BCUT2D eigenvalue weighted by Crippen LogP contribution is 2.25. The number of nitrogens with zero attached hydrogens (tertiary/aromatic N) is 1. The Morgan fingerprint density at radius 1 is 1.04 bits per heavy atom. The van der Waals surface area contributed by atoms with E-state index < -0.39 is 6.04 Å². The van der Waals surface area contributed by atoms with Crippen molar-refractivity contribution in [3.05, 3.63) is 60.2 Å². The first-order valence-corrected chi connectivity index (χ1v) is 8.37. The Bertz CT molecular complexity index is 734. The van der Waals surface area contributed by atoms with Gasteiger partial charge in [0.15, 0.2) is 18.1 Å². The lowest BCUT2D eigenvalue weighted by Gasteiger charge is -2.28. The van der Waals surface area contributed by atoms with Crippen molar-refractivity contribution in [3.63, 3.8) is 0 Å². The number of hydrogen-bond donors (Lipinski definition) is 1. The van der Waals surface area contributed by atoms with E-state index in [9.17, 15) is 9.59 Å². The fourth-order valence-electron chi connectivity index (χ4n) is 2.53. The zero-order valence-electron chi connectivity index (χ0n) is 15.3. The van der Waals surface area contributed by atoms with E-state index in [4.69, 9.17) is 9.47 Å². The maximum absolute atomic E-state index is 12.8. The first-order chi connectivity index (χ1) is 12.6. The summed E-state index contributed by atoms with van der Waals surface area (Å²) < 4.78 is 10.8. The molecule has 2 amide bonds. The quantitative estimate of drug-likeness (QED) is 0.788. The fraction of sp³-hybridized carbons (Fsp3) is 0.300. The Balaban J connectivity index is 2.13. The van der Waals surface area contributed by atoms with Crippen molar-refractivity contribution in [1.29, 1.82) is 0 Å². The van der Waals surface area contributed by atoms with Gasteiger partial charge in [-0.15, -0.1) is 0 Å². The lowest BCUT2D eigenvalue weighted by atomic mass is 10.1. The highest BCUT2D eigenvalue weighted by atomic mass is 16.5. The van der Waals surface area contributed by atoms with E-state index in [1.165, 1.54) is 4.90 Å². The number of nitrogens with one attached hydrogen (secondary N) is 1. The number of rotatable bonds is 8. The summed E-state index contributed by atoms with van der Waals surface area (Å²) in [4.78, 5) is 26.3. The van der Waals surface area contributed by atoms with Crippen molar-refractivity contribution in [3.8, 4) is 11.5 Å². The summed E-state index contributed by atoms with van der Waals surface area (Å²) in [5.41, 5.74) is 0.939. The molecule has 2 aromatic carbocycles. The van der Waals surface area contributed by atoms with Crippen LogP contribution in [0.4, 0.5) is 0 Å². The second-order valence-electron chi connectivity index (χ2n) is 5.74. The first-order valence-electron chi connectivity index (χ1n) is 8.37. The molecule has 6 nitrogen and oxygen atoms in total. The van der Waals surface area contributed by atoms with Crippen LogP contribution in [0, 0.1) is 0 Å². The maximum Gasteiger partial charge on any atom is 0.261 e. The molecule has 1 atom stereocenters. The molecule has 0 unspecified atom stereocenters. The van der Waals surface area contributed by atoms with Crippen molar-refractivity contribution in [1.82, 2.24) is 10.2 Å². The molecule has 0 aromatic heterocycles. The van der Waals surface area contributed by atoms with Crippen molar-refractivity contribution >= 4 is 11.8 Å². The zero-order valence-corrected chi connectivity index (χ0v) is 15.3. The van der Waals surface area contributed by atoms with Gasteiger partial charge in [-0.3, -0.25) is 9.59 Å². The number of likely N-dealkylation sites (N-methyl/N-ethyl adjacent to an activating group) is 1. The largest absolute Gasteiger partial charge is 0.493 e. The van der Waals surface area contributed by atoms with Gasteiger partial charge in [0, 0.05) is 13.6 Å². The van der Waals surface area contributed by atoms with Crippen LogP contribution in [0.1, 0.15) is 12.5 Å². The zero-order chi connectivity index (χ0) is 18.9. The first kappa shape index (κ1) is 19.3. The Kier molecular flexibility index (Phi) is 7.02. The van der Waals surface area contributed by atoms with E-state index in [1.54, 1.807) is 39.3 Å². The molecule has 2 aromatic rings. The molecule has 0 heterocycles.